The maximum absolute atomic E-state index is 11.4. The molecule has 0 heterocycles. The highest BCUT2D eigenvalue weighted by atomic mass is 35.5. The van der Waals surface area contributed by atoms with Crippen LogP contribution in [0.25, 0.3) is 0 Å². The Kier molecular flexibility index (Phi) is 6.50. The fourth-order valence-electron chi connectivity index (χ4n) is 1.92. The van der Waals surface area contributed by atoms with Gasteiger partial charge in [0.2, 0.25) is 5.91 Å². The number of hydrogen-bond donors (Lipinski definition) is 1. The Labute approximate surface area is 102 Å². The lowest BCUT2D eigenvalue weighted by molar-refractivity contribution is -0.120. The highest BCUT2D eigenvalue weighted by molar-refractivity contribution is 7.98. The van der Waals surface area contributed by atoms with E-state index in [4.69, 9.17) is 11.6 Å². The van der Waals surface area contributed by atoms with Crippen molar-refractivity contribution in [1.29, 1.82) is 0 Å². The summed E-state index contributed by atoms with van der Waals surface area (Å²) >= 11 is 7.92. The van der Waals surface area contributed by atoms with Gasteiger partial charge in [-0.25, -0.2) is 0 Å². The zero-order valence-corrected chi connectivity index (χ0v) is 10.9. The normalized spacial score (nSPS) is 26.3. The Balaban J connectivity index is 2.14. The molecule has 1 fully saturated rings. The Hall–Kier alpha value is 0.110. The molecule has 1 aliphatic rings. The summed E-state index contributed by atoms with van der Waals surface area (Å²) in [6, 6.07) is 0. The SMILES string of the molecule is CSCCC(=O)NCC1CCCCC1Cl. The number of amides is 1. The minimum absolute atomic E-state index is 0.166. The third-order valence-electron chi connectivity index (χ3n) is 2.91. The Morgan fingerprint density at radius 1 is 1.47 bits per heavy atom. The van der Waals surface area contributed by atoms with Crippen molar-refractivity contribution in [3.05, 3.63) is 0 Å². The molecule has 0 bridgehead atoms. The van der Waals surface area contributed by atoms with Gasteiger partial charge in [0, 0.05) is 24.1 Å². The van der Waals surface area contributed by atoms with Crippen LogP contribution in [0.3, 0.4) is 0 Å². The molecule has 2 unspecified atom stereocenters. The number of hydrogen-bond acceptors (Lipinski definition) is 2. The van der Waals surface area contributed by atoms with Gasteiger partial charge in [0.05, 0.1) is 0 Å². The standard InChI is InChI=1S/C11H20ClNOS/c1-15-7-6-11(14)13-8-9-4-2-3-5-10(9)12/h9-10H,2-8H2,1H3,(H,13,14). The van der Waals surface area contributed by atoms with Gasteiger partial charge in [-0.05, 0) is 25.0 Å². The van der Waals surface area contributed by atoms with E-state index in [9.17, 15) is 4.79 Å². The van der Waals surface area contributed by atoms with Crippen molar-refractivity contribution in [3.63, 3.8) is 0 Å². The van der Waals surface area contributed by atoms with Crippen LogP contribution in [0, 0.1) is 5.92 Å². The van der Waals surface area contributed by atoms with Crippen LogP contribution in [0.5, 0.6) is 0 Å². The number of alkyl halides is 1. The lowest BCUT2D eigenvalue weighted by atomic mass is 9.89. The van der Waals surface area contributed by atoms with Crippen LogP contribution in [0.15, 0.2) is 0 Å². The molecule has 2 atom stereocenters. The van der Waals surface area contributed by atoms with Crippen molar-refractivity contribution >= 4 is 29.3 Å². The number of carbonyl (C=O) groups excluding carboxylic acids is 1. The van der Waals surface area contributed by atoms with Crippen LogP contribution in [0.1, 0.15) is 32.1 Å². The molecular formula is C11H20ClNOS. The first-order valence-electron chi connectivity index (χ1n) is 5.63. The van der Waals surface area contributed by atoms with E-state index in [1.807, 2.05) is 6.26 Å². The highest BCUT2D eigenvalue weighted by Gasteiger charge is 2.23. The van der Waals surface area contributed by atoms with Crippen LogP contribution in [0.4, 0.5) is 0 Å². The summed E-state index contributed by atoms with van der Waals surface area (Å²) in [6.45, 7) is 0.765. The molecule has 1 aliphatic carbocycles. The summed E-state index contributed by atoms with van der Waals surface area (Å²) in [5.41, 5.74) is 0. The van der Waals surface area contributed by atoms with E-state index >= 15 is 0 Å². The third-order valence-corrected chi connectivity index (χ3v) is 4.10. The van der Waals surface area contributed by atoms with E-state index in [0.29, 0.717) is 12.3 Å². The van der Waals surface area contributed by atoms with Gasteiger partial charge < -0.3 is 5.32 Å². The summed E-state index contributed by atoms with van der Waals surface area (Å²) in [6.07, 6.45) is 7.41. The molecule has 88 valence electrons. The van der Waals surface area contributed by atoms with Crippen LogP contribution in [-0.2, 0) is 4.79 Å². The van der Waals surface area contributed by atoms with Crippen molar-refractivity contribution in [1.82, 2.24) is 5.32 Å². The molecular weight excluding hydrogens is 230 g/mol. The fourth-order valence-corrected chi connectivity index (χ4v) is 2.68. The molecule has 4 heteroatoms. The van der Waals surface area contributed by atoms with Crippen LogP contribution < -0.4 is 5.32 Å². The predicted molar refractivity (Wildman–Crippen MR) is 67.6 cm³/mol. The average molecular weight is 250 g/mol. The number of nitrogens with one attached hydrogen (secondary N) is 1. The molecule has 0 radical (unpaired) electrons. The number of rotatable bonds is 5. The van der Waals surface area contributed by atoms with Crippen LogP contribution >= 0.6 is 23.4 Å². The summed E-state index contributed by atoms with van der Waals surface area (Å²) in [5, 5.41) is 3.24. The number of halogens is 1. The third kappa shape index (κ3) is 5.12. The molecule has 0 saturated heterocycles. The van der Waals surface area contributed by atoms with E-state index < -0.39 is 0 Å². The Bertz CT molecular complexity index is 201. The average Bonchev–Trinajstić information content (AvgIpc) is 2.25. The molecule has 0 aromatic carbocycles. The molecule has 2 nitrogen and oxygen atoms in total. The second-order valence-corrected chi connectivity index (χ2v) is 5.65. The first-order chi connectivity index (χ1) is 7.24. The zero-order chi connectivity index (χ0) is 11.1. The lowest BCUT2D eigenvalue weighted by Gasteiger charge is -2.27. The van der Waals surface area contributed by atoms with Gasteiger partial charge in [0.25, 0.3) is 0 Å². The second-order valence-electron chi connectivity index (χ2n) is 4.11. The van der Waals surface area contributed by atoms with Crippen molar-refractivity contribution in [2.45, 2.75) is 37.5 Å². The van der Waals surface area contributed by atoms with Crippen molar-refractivity contribution in [3.8, 4) is 0 Å². The maximum Gasteiger partial charge on any atom is 0.220 e. The van der Waals surface area contributed by atoms with Gasteiger partial charge in [-0.1, -0.05) is 12.8 Å². The molecule has 0 aromatic rings. The van der Waals surface area contributed by atoms with E-state index in [1.165, 1.54) is 12.8 Å². The van der Waals surface area contributed by atoms with E-state index in [1.54, 1.807) is 11.8 Å². The first kappa shape index (κ1) is 13.2. The largest absolute Gasteiger partial charge is 0.356 e. The van der Waals surface area contributed by atoms with Gasteiger partial charge in [-0.3, -0.25) is 4.79 Å². The quantitative estimate of drug-likeness (QED) is 0.759. The van der Waals surface area contributed by atoms with Crippen molar-refractivity contribution in [2.75, 3.05) is 18.6 Å². The lowest BCUT2D eigenvalue weighted by Crippen LogP contribution is -2.34. The number of carbonyl (C=O) groups is 1. The topological polar surface area (TPSA) is 29.1 Å². The maximum atomic E-state index is 11.4. The molecule has 0 aromatic heterocycles. The van der Waals surface area contributed by atoms with Crippen LogP contribution in [-0.4, -0.2) is 29.8 Å². The van der Waals surface area contributed by atoms with Crippen LogP contribution in [0.2, 0.25) is 0 Å². The van der Waals surface area contributed by atoms with Gasteiger partial charge in [0.1, 0.15) is 0 Å². The fraction of sp³-hybridized carbons (Fsp3) is 0.909. The Morgan fingerprint density at radius 3 is 2.87 bits per heavy atom. The van der Waals surface area contributed by atoms with Crippen molar-refractivity contribution < 1.29 is 4.79 Å². The van der Waals surface area contributed by atoms with Gasteiger partial charge in [-0.2, -0.15) is 11.8 Å². The highest BCUT2D eigenvalue weighted by Crippen LogP contribution is 2.27. The molecule has 1 saturated carbocycles. The minimum atomic E-state index is 0.166. The van der Waals surface area contributed by atoms with E-state index in [0.717, 1.165) is 25.1 Å². The molecule has 1 rings (SSSR count). The van der Waals surface area contributed by atoms with Crippen molar-refractivity contribution in [2.24, 2.45) is 5.92 Å². The van der Waals surface area contributed by atoms with Gasteiger partial charge in [-0.15, -0.1) is 11.6 Å². The first-order valence-corrected chi connectivity index (χ1v) is 7.46. The second kappa shape index (κ2) is 7.39. The molecule has 1 N–H and O–H groups in total. The molecule has 1 amide bonds. The van der Waals surface area contributed by atoms with Gasteiger partial charge >= 0.3 is 0 Å². The number of thioether (sulfide) groups is 1. The molecule has 0 spiro atoms. The summed E-state index contributed by atoms with van der Waals surface area (Å²) < 4.78 is 0. The minimum Gasteiger partial charge on any atom is -0.356 e. The monoisotopic (exact) mass is 249 g/mol. The van der Waals surface area contributed by atoms with Gasteiger partial charge in [0.15, 0.2) is 0 Å². The molecule has 15 heavy (non-hydrogen) atoms. The summed E-state index contributed by atoms with van der Waals surface area (Å²) in [5.74, 6) is 1.55. The molecule has 0 aliphatic heterocycles. The smallest absolute Gasteiger partial charge is 0.220 e. The summed E-state index contributed by atoms with van der Waals surface area (Å²) in [7, 11) is 0. The van der Waals surface area contributed by atoms with E-state index in [2.05, 4.69) is 5.32 Å². The van der Waals surface area contributed by atoms with E-state index in [-0.39, 0.29) is 11.3 Å². The Morgan fingerprint density at radius 2 is 2.20 bits per heavy atom. The zero-order valence-electron chi connectivity index (χ0n) is 9.30. The predicted octanol–water partition coefficient (Wildman–Crippen LogP) is 2.65. The summed E-state index contributed by atoms with van der Waals surface area (Å²) in [4.78, 5) is 11.4.